The van der Waals surface area contributed by atoms with Gasteiger partial charge in [-0.2, -0.15) is 5.10 Å². The van der Waals surface area contributed by atoms with Crippen LogP contribution in [0.2, 0.25) is 0 Å². The molecule has 1 aromatic heterocycles. The number of ether oxygens (including phenoxy) is 2. The van der Waals surface area contributed by atoms with Crippen molar-refractivity contribution in [1.82, 2.24) is 9.78 Å². The van der Waals surface area contributed by atoms with Crippen LogP contribution in [0.3, 0.4) is 0 Å². The average Bonchev–Trinajstić information content (AvgIpc) is 3.40. The van der Waals surface area contributed by atoms with Gasteiger partial charge in [0.1, 0.15) is 0 Å². The molecule has 8 atom stereocenters. The summed E-state index contributed by atoms with van der Waals surface area (Å²) < 4.78 is 13.1. The summed E-state index contributed by atoms with van der Waals surface area (Å²) >= 11 is 0. The standard InChI is InChI=1S/C30H48N2O4/c1-20(2)36-22-17-31-32(18-22)19-27(33)26-9-8-24-23-7-6-21-16-28(3,34)12-13-30(21,14-15-35-5)25(23)10-11-29(24,26)4/h17-18,20-21,23-26,34H,6-16,19H2,1-5H3/t21-,23-,24-,25-,26+,28+,29-,30+/m0/s1. The van der Waals surface area contributed by atoms with E-state index in [2.05, 4.69) is 12.0 Å². The van der Waals surface area contributed by atoms with Crippen molar-refractivity contribution >= 4 is 5.78 Å². The molecule has 4 saturated carbocycles. The van der Waals surface area contributed by atoms with Crippen LogP contribution in [-0.4, -0.2) is 46.1 Å². The van der Waals surface area contributed by atoms with Crippen LogP contribution in [0.4, 0.5) is 0 Å². The molecular weight excluding hydrogens is 452 g/mol. The molecule has 6 heteroatoms. The Labute approximate surface area is 217 Å². The van der Waals surface area contributed by atoms with Gasteiger partial charge in [0.15, 0.2) is 11.5 Å². The number of Topliss-reactive ketones (excluding diaryl/α,β-unsaturated/α-hetero) is 1. The van der Waals surface area contributed by atoms with Gasteiger partial charge in [0.05, 0.1) is 30.6 Å². The summed E-state index contributed by atoms with van der Waals surface area (Å²) in [7, 11) is 1.83. The summed E-state index contributed by atoms with van der Waals surface area (Å²) in [6, 6.07) is 0. The minimum Gasteiger partial charge on any atom is -0.488 e. The van der Waals surface area contributed by atoms with Gasteiger partial charge in [0.25, 0.3) is 0 Å². The van der Waals surface area contributed by atoms with Crippen molar-refractivity contribution in [1.29, 1.82) is 0 Å². The average molecular weight is 501 g/mol. The number of hydrogen-bond acceptors (Lipinski definition) is 5. The Balaban J connectivity index is 1.32. The third-order valence-electron chi connectivity index (χ3n) is 11.1. The second kappa shape index (κ2) is 9.72. The van der Waals surface area contributed by atoms with E-state index >= 15 is 0 Å². The van der Waals surface area contributed by atoms with E-state index in [1.807, 2.05) is 34.1 Å². The zero-order chi connectivity index (χ0) is 25.7. The summed E-state index contributed by atoms with van der Waals surface area (Å²) in [5.41, 5.74) is -0.126. The van der Waals surface area contributed by atoms with E-state index in [1.165, 1.54) is 25.7 Å². The summed E-state index contributed by atoms with van der Waals surface area (Å²) in [5, 5.41) is 15.3. The summed E-state index contributed by atoms with van der Waals surface area (Å²) in [6.45, 7) is 9.64. The lowest BCUT2D eigenvalue weighted by Crippen LogP contribution is -2.57. The molecule has 0 aromatic carbocycles. The van der Waals surface area contributed by atoms with Crippen molar-refractivity contribution in [3.63, 3.8) is 0 Å². The molecule has 4 aliphatic rings. The molecule has 5 rings (SSSR count). The number of nitrogens with zero attached hydrogens (tertiary/aromatic N) is 2. The Morgan fingerprint density at radius 3 is 2.69 bits per heavy atom. The largest absolute Gasteiger partial charge is 0.488 e. The van der Waals surface area contributed by atoms with Crippen LogP contribution in [0.1, 0.15) is 91.9 Å². The van der Waals surface area contributed by atoms with Crippen molar-refractivity contribution in [3.8, 4) is 5.75 Å². The summed E-state index contributed by atoms with van der Waals surface area (Å²) in [5.74, 6) is 3.84. The van der Waals surface area contributed by atoms with Gasteiger partial charge < -0.3 is 14.6 Å². The number of hydrogen-bond donors (Lipinski definition) is 1. The molecule has 6 nitrogen and oxygen atoms in total. The fourth-order valence-electron chi connectivity index (χ4n) is 9.59. The van der Waals surface area contributed by atoms with Gasteiger partial charge in [0, 0.05) is 19.6 Å². The number of aliphatic hydroxyl groups is 1. The molecular formula is C30H48N2O4. The highest BCUT2D eigenvalue weighted by atomic mass is 16.5. The maximum Gasteiger partial charge on any atom is 0.157 e. The molecule has 202 valence electrons. The minimum absolute atomic E-state index is 0.0953. The third kappa shape index (κ3) is 4.55. The van der Waals surface area contributed by atoms with Gasteiger partial charge in [-0.3, -0.25) is 9.48 Å². The van der Waals surface area contributed by atoms with Crippen LogP contribution in [0.15, 0.2) is 12.4 Å². The lowest BCUT2D eigenvalue weighted by atomic mass is 9.42. The van der Waals surface area contributed by atoms with Gasteiger partial charge in [0.2, 0.25) is 0 Å². The fraction of sp³-hybridized carbons (Fsp3) is 0.867. The molecule has 0 radical (unpaired) electrons. The molecule has 0 unspecified atom stereocenters. The Kier molecular flexibility index (Phi) is 7.08. The monoisotopic (exact) mass is 500 g/mol. The van der Waals surface area contributed by atoms with Crippen molar-refractivity contribution in [2.24, 2.45) is 40.4 Å². The van der Waals surface area contributed by atoms with Crippen LogP contribution < -0.4 is 4.74 Å². The van der Waals surface area contributed by atoms with Crippen molar-refractivity contribution in [2.45, 2.75) is 110 Å². The first-order chi connectivity index (χ1) is 17.1. The zero-order valence-electron chi connectivity index (χ0n) is 23.2. The van der Waals surface area contributed by atoms with E-state index < -0.39 is 5.60 Å². The van der Waals surface area contributed by atoms with E-state index in [9.17, 15) is 9.90 Å². The van der Waals surface area contributed by atoms with E-state index in [1.54, 1.807) is 10.9 Å². The molecule has 4 aliphatic carbocycles. The number of ketones is 1. The molecule has 0 spiro atoms. The molecule has 0 amide bonds. The van der Waals surface area contributed by atoms with E-state index in [4.69, 9.17) is 9.47 Å². The van der Waals surface area contributed by atoms with Crippen molar-refractivity contribution in [3.05, 3.63) is 12.4 Å². The minimum atomic E-state index is -0.519. The van der Waals surface area contributed by atoms with Crippen molar-refractivity contribution < 1.29 is 19.4 Å². The maximum atomic E-state index is 13.6. The molecule has 1 N–H and O–H groups in total. The molecule has 1 aromatic rings. The third-order valence-corrected chi connectivity index (χ3v) is 11.1. The molecule has 1 heterocycles. The lowest BCUT2D eigenvalue weighted by molar-refractivity contribution is -0.163. The highest BCUT2D eigenvalue weighted by molar-refractivity contribution is 5.82. The Bertz CT molecular complexity index is 941. The second-order valence-corrected chi connectivity index (χ2v) is 13.5. The van der Waals surface area contributed by atoms with Crippen LogP contribution in [0.5, 0.6) is 5.75 Å². The topological polar surface area (TPSA) is 73.6 Å². The molecule has 0 saturated heterocycles. The number of carbonyl (C=O) groups is 1. The van der Waals surface area contributed by atoms with Gasteiger partial charge in [-0.15, -0.1) is 0 Å². The molecule has 0 bridgehead atoms. The fourth-order valence-corrected chi connectivity index (χ4v) is 9.59. The maximum absolute atomic E-state index is 13.6. The highest BCUT2D eigenvalue weighted by Gasteiger charge is 2.62. The van der Waals surface area contributed by atoms with Gasteiger partial charge in [-0.05, 0) is 119 Å². The molecule has 4 fully saturated rings. The first-order valence-corrected chi connectivity index (χ1v) is 14.5. The number of carbonyl (C=O) groups excluding carboxylic acids is 1. The van der Waals surface area contributed by atoms with Gasteiger partial charge >= 0.3 is 0 Å². The number of aromatic nitrogens is 2. The summed E-state index contributed by atoms with van der Waals surface area (Å²) in [6.07, 6.45) is 14.8. The predicted molar refractivity (Wildman–Crippen MR) is 140 cm³/mol. The predicted octanol–water partition coefficient (Wildman–Crippen LogP) is 5.67. The number of methoxy groups -OCH3 is 1. The highest BCUT2D eigenvalue weighted by Crippen LogP contribution is 2.69. The van der Waals surface area contributed by atoms with Crippen LogP contribution >= 0.6 is 0 Å². The molecule has 36 heavy (non-hydrogen) atoms. The number of rotatable bonds is 8. The van der Waals surface area contributed by atoms with E-state index in [-0.39, 0.29) is 17.4 Å². The quantitative estimate of drug-likeness (QED) is 0.498. The van der Waals surface area contributed by atoms with Crippen molar-refractivity contribution in [2.75, 3.05) is 13.7 Å². The second-order valence-electron chi connectivity index (χ2n) is 13.5. The lowest BCUT2D eigenvalue weighted by Gasteiger charge is -2.63. The first kappa shape index (κ1) is 26.2. The number of fused-ring (bicyclic) bond motifs is 5. The van der Waals surface area contributed by atoms with E-state index in [0.717, 1.165) is 50.9 Å². The Morgan fingerprint density at radius 1 is 1.14 bits per heavy atom. The summed E-state index contributed by atoms with van der Waals surface area (Å²) in [4.78, 5) is 13.6. The van der Waals surface area contributed by atoms with Gasteiger partial charge in [-0.25, -0.2) is 0 Å². The smallest absolute Gasteiger partial charge is 0.157 e. The van der Waals surface area contributed by atoms with E-state index in [0.29, 0.717) is 41.4 Å². The first-order valence-electron chi connectivity index (χ1n) is 14.5. The normalized spacial score (nSPS) is 42.0. The SMILES string of the molecule is COCC[C@]12CC[C@@](C)(O)C[C@@H]1CC[C@H]1[C@@H]3CC[C@H](C(=O)Cn4cc(OC(C)C)cn4)[C@@]3(C)CC[C@@H]12. The molecule has 0 aliphatic heterocycles. The van der Waals surface area contributed by atoms with Crippen LogP contribution in [0.25, 0.3) is 0 Å². The Morgan fingerprint density at radius 2 is 1.94 bits per heavy atom. The van der Waals surface area contributed by atoms with Gasteiger partial charge in [-0.1, -0.05) is 6.92 Å². The zero-order valence-corrected chi connectivity index (χ0v) is 23.2. The van der Waals surface area contributed by atoms with Crippen LogP contribution in [0, 0.1) is 40.4 Å². The Hall–Kier alpha value is -1.40. The van der Waals surface area contributed by atoms with Crippen LogP contribution in [-0.2, 0) is 16.1 Å².